The van der Waals surface area contributed by atoms with Gasteiger partial charge in [-0.05, 0) is 52.4 Å². The van der Waals surface area contributed by atoms with Crippen molar-refractivity contribution in [1.82, 2.24) is 15.5 Å². The van der Waals surface area contributed by atoms with E-state index in [4.69, 9.17) is 4.42 Å². The van der Waals surface area contributed by atoms with E-state index in [1.807, 2.05) is 19.1 Å². The van der Waals surface area contributed by atoms with E-state index in [-0.39, 0.29) is 6.04 Å². The first kappa shape index (κ1) is 18.6. The summed E-state index contributed by atoms with van der Waals surface area (Å²) in [6.45, 7) is 15.4. The molecule has 0 saturated heterocycles. The summed E-state index contributed by atoms with van der Waals surface area (Å²) in [7, 11) is 0. The van der Waals surface area contributed by atoms with Gasteiger partial charge < -0.3 is 20.0 Å². The van der Waals surface area contributed by atoms with Gasteiger partial charge in [0.05, 0.1) is 12.6 Å². The Morgan fingerprint density at radius 1 is 1.27 bits per heavy atom. The van der Waals surface area contributed by atoms with Crippen molar-refractivity contribution in [3.05, 3.63) is 23.7 Å². The zero-order valence-electron chi connectivity index (χ0n) is 14.8. The van der Waals surface area contributed by atoms with E-state index in [0.717, 1.165) is 50.2 Å². The number of aliphatic imine (C=N–C) groups is 1. The Morgan fingerprint density at radius 2 is 2.05 bits per heavy atom. The third-order valence-electron chi connectivity index (χ3n) is 3.56. The molecule has 5 heteroatoms. The van der Waals surface area contributed by atoms with E-state index < -0.39 is 0 Å². The van der Waals surface area contributed by atoms with Gasteiger partial charge in [0.25, 0.3) is 0 Å². The molecule has 5 nitrogen and oxygen atoms in total. The second-order valence-corrected chi connectivity index (χ2v) is 5.51. The summed E-state index contributed by atoms with van der Waals surface area (Å²) in [6.07, 6.45) is 1.19. The summed E-state index contributed by atoms with van der Waals surface area (Å²) < 4.78 is 5.66. The number of rotatable bonds is 9. The Bertz CT molecular complexity index is 442. The molecule has 1 heterocycles. The predicted octanol–water partition coefficient (Wildman–Crippen LogP) is 2.94. The SMILES string of the molecule is CCCN(CC)CCN=C(NCC)NC(C)c1ccc(C)o1. The van der Waals surface area contributed by atoms with Gasteiger partial charge in [-0.15, -0.1) is 0 Å². The van der Waals surface area contributed by atoms with Gasteiger partial charge in [-0.2, -0.15) is 0 Å². The van der Waals surface area contributed by atoms with Crippen LogP contribution in [0.1, 0.15) is 51.7 Å². The lowest BCUT2D eigenvalue weighted by Crippen LogP contribution is -2.39. The average Bonchev–Trinajstić information content (AvgIpc) is 2.93. The molecule has 0 saturated carbocycles. The maximum absolute atomic E-state index is 5.66. The first-order valence-corrected chi connectivity index (χ1v) is 8.44. The second-order valence-electron chi connectivity index (χ2n) is 5.51. The van der Waals surface area contributed by atoms with Crippen LogP contribution in [-0.4, -0.2) is 43.6 Å². The third kappa shape index (κ3) is 6.52. The van der Waals surface area contributed by atoms with Crippen LogP contribution in [-0.2, 0) is 0 Å². The molecule has 1 unspecified atom stereocenters. The molecule has 1 aromatic heterocycles. The van der Waals surface area contributed by atoms with Gasteiger partial charge in [-0.3, -0.25) is 4.99 Å². The molecule has 22 heavy (non-hydrogen) atoms. The van der Waals surface area contributed by atoms with Crippen LogP contribution in [0.3, 0.4) is 0 Å². The number of aryl methyl sites for hydroxylation is 1. The second kappa shape index (κ2) is 10.3. The molecule has 0 amide bonds. The highest BCUT2D eigenvalue weighted by molar-refractivity contribution is 5.80. The number of hydrogen-bond acceptors (Lipinski definition) is 3. The van der Waals surface area contributed by atoms with Crippen LogP contribution in [0.15, 0.2) is 21.5 Å². The van der Waals surface area contributed by atoms with Crippen molar-refractivity contribution in [2.45, 2.75) is 47.1 Å². The number of nitrogens with one attached hydrogen (secondary N) is 2. The van der Waals surface area contributed by atoms with Crippen molar-refractivity contribution in [3.63, 3.8) is 0 Å². The van der Waals surface area contributed by atoms with Gasteiger partial charge in [0.15, 0.2) is 5.96 Å². The van der Waals surface area contributed by atoms with Crippen LogP contribution in [0.5, 0.6) is 0 Å². The molecule has 0 aliphatic carbocycles. The molecular weight excluding hydrogens is 276 g/mol. The molecule has 0 aliphatic rings. The standard InChI is InChI=1S/C17H32N4O/c1-6-12-21(8-3)13-11-19-17(18-7-2)20-15(5)16-10-9-14(4)22-16/h9-10,15H,6-8,11-13H2,1-5H3,(H2,18,19,20). The summed E-state index contributed by atoms with van der Waals surface area (Å²) in [6, 6.07) is 4.10. The first-order valence-electron chi connectivity index (χ1n) is 8.44. The highest BCUT2D eigenvalue weighted by Gasteiger charge is 2.11. The zero-order valence-corrected chi connectivity index (χ0v) is 14.8. The van der Waals surface area contributed by atoms with Gasteiger partial charge in [-0.25, -0.2) is 0 Å². The Kier molecular flexibility index (Phi) is 8.67. The minimum absolute atomic E-state index is 0.101. The minimum Gasteiger partial charge on any atom is -0.464 e. The molecule has 0 spiro atoms. The molecule has 0 radical (unpaired) electrons. The Balaban J connectivity index is 2.54. The fourth-order valence-corrected chi connectivity index (χ4v) is 2.33. The number of furan rings is 1. The van der Waals surface area contributed by atoms with Gasteiger partial charge in [0.2, 0.25) is 0 Å². The molecule has 2 N–H and O–H groups in total. The summed E-state index contributed by atoms with van der Waals surface area (Å²) in [5.74, 6) is 2.71. The van der Waals surface area contributed by atoms with Gasteiger partial charge >= 0.3 is 0 Å². The summed E-state index contributed by atoms with van der Waals surface area (Å²) in [5, 5.41) is 6.69. The first-order chi connectivity index (χ1) is 10.6. The minimum atomic E-state index is 0.101. The highest BCUT2D eigenvalue weighted by Crippen LogP contribution is 2.15. The largest absolute Gasteiger partial charge is 0.464 e. The molecule has 0 aliphatic heterocycles. The third-order valence-corrected chi connectivity index (χ3v) is 3.56. The van der Waals surface area contributed by atoms with Crippen LogP contribution < -0.4 is 10.6 Å². The molecule has 0 aromatic carbocycles. The molecule has 0 bridgehead atoms. The zero-order chi connectivity index (χ0) is 16.4. The fraction of sp³-hybridized carbons (Fsp3) is 0.706. The molecule has 1 rings (SSSR count). The molecule has 126 valence electrons. The Hall–Kier alpha value is -1.49. The number of hydrogen-bond donors (Lipinski definition) is 2. The number of likely N-dealkylation sites (N-methyl/N-ethyl adjacent to an activating group) is 1. The molecule has 0 fully saturated rings. The van der Waals surface area contributed by atoms with Gasteiger partial charge in [0, 0.05) is 13.1 Å². The quantitative estimate of drug-likeness (QED) is 0.544. The summed E-state index contributed by atoms with van der Waals surface area (Å²) in [5.41, 5.74) is 0. The Morgan fingerprint density at radius 3 is 2.59 bits per heavy atom. The lowest BCUT2D eigenvalue weighted by Gasteiger charge is -2.19. The number of nitrogens with zero attached hydrogens (tertiary/aromatic N) is 2. The Labute approximate surface area is 135 Å². The van der Waals surface area contributed by atoms with Crippen LogP contribution >= 0.6 is 0 Å². The lowest BCUT2D eigenvalue weighted by molar-refractivity contribution is 0.297. The fourth-order valence-electron chi connectivity index (χ4n) is 2.33. The topological polar surface area (TPSA) is 52.8 Å². The van der Waals surface area contributed by atoms with E-state index in [2.05, 4.69) is 48.2 Å². The number of guanidine groups is 1. The van der Waals surface area contributed by atoms with E-state index in [0.29, 0.717) is 0 Å². The van der Waals surface area contributed by atoms with Crippen molar-refractivity contribution in [3.8, 4) is 0 Å². The normalized spacial score (nSPS) is 13.5. The average molecular weight is 308 g/mol. The molecule has 1 atom stereocenters. The maximum atomic E-state index is 5.66. The van der Waals surface area contributed by atoms with Crippen molar-refractivity contribution in [2.75, 3.05) is 32.7 Å². The van der Waals surface area contributed by atoms with Crippen LogP contribution in [0, 0.1) is 6.92 Å². The maximum Gasteiger partial charge on any atom is 0.191 e. The van der Waals surface area contributed by atoms with Crippen molar-refractivity contribution >= 4 is 5.96 Å². The summed E-state index contributed by atoms with van der Waals surface area (Å²) >= 11 is 0. The van der Waals surface area contributed by atoms with Crippen LogP contribution in [0.25, 0.3) is 0 Å². The van der Waals surface area contributed by atoms with Gasteiger partial charge in [-0.1, -0.05) is 13.8 Å². The van der Waals surface area contributed by atoms with Crippen LogP contribution in [0.4, 0.5) is 0 Å². The van der Waals surface area contributed by atoms with E-state index >= 15 is 0 Å². The van der Waals surface area contributed by atoms with Crippen molar-refractivity contribution in [1.29, 1.82) is 0 Å². The van der Waals surface area contributed by atoms with Gasteiger partial charge in [0.1, 0.15) is 11.5 Å². The lowest BCUT2D eigenvalue weighted by atomic mass is 10.2. The highest BCUT2D eigenvalue weighted by atomic mass is 16.3. The van der Waals surface area contributed by atoms with Crippen molar-refractivity contribution in [2.24, 2.45) is 4.99 Å². The molecular formula is C17H32N4O. The van der Waals surface area contributed by atoms with E-state index in [1.54, 1.807) is 0 Å². The van der Waals surface area contributed by atoms with Crippen molar-refractivity contribution < 1.29 is 4.42 Å². The van der Waals surface area contributed by atoms with Crippen LogP contribution in [0.2, 0.25) is 0 Å². The van der Waals surface area contributed by atoms with E-state index in [1.165, 1.54) is 6.42 Å². The summed E-state index contributed by atoms with van der Waals surface area (Å²) in [4.78, 5) is 7.09. The van der Waals surface area contributed by atoms with E-state index in [9.17, 15) is 0 Å². The monoisotopic (exact) mass is 308 g/mol. The predicted molar refractivity (Wildman–Crippen MR) is 93.4 cm³/mol. The smallest absolute Gasteiger partial charge is 0.191 e. The molecule has 1 aromatic rings.